The average Bonchev–Trinajstić information content (AvgIpc) is 3.36. The lowest BCUT2D eigenvalue weighted by Crippen LogP contribution is -2.32. The van der Waals surface area contributed by atoms with Crippen LogP contribution in [0.3, 0.4) is 0 Å². The number of alkyl halides is 3. The number of rotatable bonds is 5. The van der Waals surface area contributed by atoms with Gasteiger partial charge in [-0.25, -0.2) is 0 Å². The monoisotopic (exact) mass is 463 g/mol. The first kappa shape index (κ1) is 21.8. The summed E-state index contributed by atoms with van der Waals surface area (Å²) < 4.78 is 38.9. The fourth-order valence-electron chi connectivity index (χ4n) is 4.48. The SMILES string of the molecule is O=C(CCN1C(=O)c2ccccc2[C@H]1c1c[nH]c2ccccc12)Nc1cccc(C(F)(F)F)c1. The molecule has 5 nitrogen and oxygen atoms in total. The number of hydrogen-bond donors (Lipinski definition) is 2. The molecule has 2 N–H and O–H groups in total. The molecule has 0 radical (unpaired) electrons. The van der Waals surface area contributed by atoms with Gasteiger partial charge in [0.1, 0.15) is 0 Å². The summed E-state index contributed by atoms with van der Waals surface area (Å²) in [5, 5.41) is 3.49. The van der Waals surface area contributed by atoms with Crippen LogP contribution in [0.1, 0.15) is 39.5 Å². The van der Waals surface area contributed by atoms with Crippen molar-refractivity contribution in [2.75, 3.05) is 11.9 Å². The molecule has 0 saturated heterocycles. The van der Waals surface area contributed by atoms with Crippen LogP contribution in [-0.2, 0) is 11.0 Å². The van der Waals surface area contributed by atoms with Gasteiger partial charge in [0.2, 0.25) is 5.91 Å². The Labute approximate surface area is 193 Å². The van der Waals surface area contributed by atoms with Crippen LogP contribution in [0, 0.1) is 0 Å². The molecule has 3 aromatic carbocycles. The molecule has 172 valence electrons. The van der Waals surface area contributed by atoms with Crippen molar-refractivity contribution >= 4 is 28.4 Å². The topological polar surface area (TPSA) is 65.2 Å². The Morgan fingerprint density at radius 1 is 0.971 bits per heavy atom. The highest BCUT2D eigenvalue weighted by molar-refractivity contribution is 6.01. The van der Waals surface area contributed by atoms with Crippen LogP contribution in [0.2, 0.25) is 0 Å². The molecule has 0 fully saturated rings. The molecular weight excluding hydrogens is 443 g/mol. The zero-order valence-corrected chi connectivity index (χ0v) is 17.9. The average molecular weight is 463 g/mol. The van der Waals surface area contributed by atoms with Gasteiger partial charge in [-0.2, -0.15) is 13.2 Å². The van der Waals surface area contributed by atoms with E-state index in [-0.39, 0.29) is 30.6 Å². The van der Waals surface area contributed by atoms with E-state index in [1.807, 2.05) is 42.6 Å². The lowest BCUT2D eigenvalue weighted by atomic mass is 9.97. The Morgan fingerprint density at radius 2 is 1.74 bits per heavy atom. The summed E-state index contributed by atoms with van der Waals surface area (Å²) in [6.07, 6.45) is -2.68. The third-order valence-electron chi connectivity index (χ3n) is 6.03. The lowest BCUT2D eigenvalue weighted by molar-refractivity contribution is -0.137. The van der Waals surface area contributed by atoms with E-state index >= 15 is 0 Å². The van der Waals surface area contributed by atoms with Crippen LogP contribution in [0.4, 0.5) is 18.9 Å². The van der Waals surface area contributed by atoms with Gasteiger partial charge in [-0.3, -0.25) is 9.59 Å². The minimum absolute atomic E-state index is 0.0593. The van der Waals surface area contributed by atoms with Gasteiger partial charge in [0.15, 0.2) is 0 Å². The zero-order valence-electron chi connectivity index (χ0n) is 17.9. The van der Waals surface area contributed by atoms with Crippen LogP contribution < -0.4 is 5.32 Å². The number of amides is 2. The van der Waals surface area contributed by atoms with E-state index in [1.54, 1.807) is 17.0 Å². The van der Waals surface area contributed by atoms with Crippen LogP contribution in [0.15, 0.2) is 79.0 Å². The quantitative estimate of drug-likeness (QED) is 0.395. The van der Waals surface area contributed by atoms with Crippen molar-refractivity contribution in [3.63, 3.8) is 0 Å². The smallest absolute Gasteiger partial charge is 0.361 e. The molecule has 8 heteroatoms. The number of para-hydroxylation sites is 1. The third kappa shape index (κ3) is 3.91. The Hall–Kier alpha value is -4.07. The third-order valence-corrected chi connectivity index (χ3v) is 6.03. The molecule has 2 amide bonds. The summed E-state index contributed by atoms with van der Waals surface area (Å²) in [4.78, 5) is 30.7. The van der Waals surface area contributed by atoms with Crippen molar-refractivity contribution in [2.45, 2.75) is 18.6 Å². The summed E-state index contributed by atoms with van der Waals surface area (Å²) >= 11 is 0. The second kappa shape index (κ2) is 8.37. The summed E-state index contributed by atoms with van der Waals surface area (Å²) in [5.74, 6) is -0.654. The molecule has 4 aromatic rings. The second-order valence-corrected chi connectivity index (χ2v) is 8.15. The highest BCUT2D eigenvalue weighted by Gasteiger charge is 2.38. The maximum Gasteiger partial charge on any atom is 0.416 e. The van der Waals surface area contributed by atoms with E-state index in [1.165, 1.54) is 12.1 Å². The van der Waals surface area contributed by atoms with Crippen molar-refractivity contribution in [2.24, 2.45) is 0 Å². The molecular formula is C26H20F3N3O2. The predicted molar refractivity (Wildman–Crippen MR) is 122 cm³/mol. The number of H-pyrrole nitrogens is 1. The number of benzene rings is 3. The molecule has 1 aromatic heterocycles. The van der Waals surface area contributed by atoms with Crippen LogP contribution >= 0.6 is 0 Å². The minimum atomic E-state index is -4.50. The number of carbonyl (C=O) groups is 2. The zero-order chi connectivity index (χ0) is 23.9. The van der Waals surface area contributed by atoms with Gasteiger partial charge in [0, 0.05) is 46.9 Å². The molecule has 0 unspecified atom stereocenters. The van der Waals surface area contributed by atoms with E-state index < -0.39 is 17.6 Å². The van der Waals surface area contributed by atoms with Gasteiger partial charge in [0.05, 0.1) is 11.6 Å². The van der Waals surface area contributed by atoms with Gasteiger partial charge in [0.25, 0.3) is 5.91 Å². The van der Waals surface area contributed by atoms with Crippen LogP contribution in [-0.4, -0.2) is 28.2 Å². The summed E-state index contributed by atoms with van der Waals surface area (Å²) in [7, 11) is 0. The van der Waals surface area contributed by atoms with Gasteiger partial charge < -0.3 is 15.2 Å². The number of anilines is 1. The van der Waals surface area contributed by atoms with E-state index in [0.717, 1.165) is 34.2 Å². The van der Waals surface area contributed by atoms with Crippen molar-refractivity contribution in [3.8, 4) is 0 Å². The molecule has 34 heavy (non-hydrogen) atoms. The molecule has 1 atom stereocenters. The Balaban J connectivity index is 1.38. The van der Waals surface area contributed by atoms with Crippen molar-refractivity contribution < 1.29 is 22.8 Å². The molecule has 0 saturated carbocycles. The molecule has 1 aliphatic rings. The van der Waals surface area contributed by atoms with Crippen LogP contribution in [0.5, 0.6) is 0 Å². The first-order valence-corrected chi connectivity index (χ1v) is 10.8. The standard InChI is InChI=1S/C26H20F3N3O2/c27-26(28,29)16-6-5-7-17(14-16)31-23(33)12-13-32-24(19-9-1-2-10-20(19)25(32)34)21-15-30-22-11-4-3-8-18(21)22/h1-11,14-15,24,30H,12-13H2,(H,31,33)/t24-/m0/s1. The summed E-state index contributed by atoms with van der Waals surface area (Å²) in [6, 6.07) is 19.2. The molecule has 2 heterocycles. The number of halogens is 3. The number of carbonyl (C=O) groups excluding carboxylic acids is 2. The van der Waals surface area contributed by atoms with Crippen molar-refractivity contribution in [1.82, 2.24) is 9.88 Å². The van der Waals surface area contributed by atoms with Gasteiger partial charge in [-0.15, -0.1) is 0 Å². The first-order valence-electron chi connectivity index (χ1n) is 10.8. The van der Waals surface area contributed by atoms with E-state index in [4.69, 9.17) is 0 Å². The highest BCUT2D eigenvalue weighted by Crippen LogP contribution is 2.41. The Morgan fingerprint density at radius 3 is 2.56 bits per heavy atom. The minimum Gasteiger partial charge on any atom is -0.361 e. The molecule has 5 rings (SSSR count). The van der Waals surface area contributed by atoms with E-state index in [9.17, 15) is 22.8 Å². The van der Waals surface area contributed by atoms with Gasteiger partial charge in [-0.05, 0) is 35.9 Å². The summed E-state index contributed by atoms with van der Waals surface area (Å²) in [5.41, 5.74) is 2.52. The Bertz CT molecular complexity index is 1390. The summed E-state index contributed by atoms with van der Waals surface area (Å²) in [6.45, 7) is 0.114. The fraction of sp³-hybridized carbons (Fsp3) is 0.154. The van der Waals surface area contributed by atoms with Crippen molar-refractivity contribution in [3.05, 3.63) is 101 Å². The van der Waals surface area contributed by atoms with Crippen LogP contribution in [0.25, 0.3) is 10.9 Å². The largest absolute Gasteiger partial charge is 0.416 e. The van der Waals surface area contributed by atoms with Gasteiger partial charge in [-0.1, -0.05) is 42.5 Å². The Kier molecular flexibility index (Phi) is 5.36. The number of aromatic amines is 1. The number of aromatic nitrogens is 1. The number of fused-ring (bicyclic) bond motifs is 2. The molecule has 1 aliphatic heterocycles. The number of nitrogens with one attached hydrogen (secondary N) is 2. The maximum absolute atomic E-state index is 13.2. The first-order chi connectivity index (χ1) is 16.3. The molecule has 0 bridgehead atoms. The van der Waals surface area contributed by atoms with E-state index in [0.29, 0.717) is 5.56 Å². The van der Waals surface area contributed by atoms with Gasteiger partial charge >= 0.3 is 6.18 Å². The number of nitrogens with zero attached hydrogens (tertiary/aromatic N) is 1. The normalized spacial score (nSPS) is 15.6. The molecule has 0 spiro atoms. The highest BCUT2D eigenvalue weighted by atomic mass is 19.4. The predicted octanol–water partition coefficient (Wildman–Crippen LogP) is 5.76. The lowest BCUT2D eigenvalue weighted by Gasteiger charge is -2.25. The second-order valence-electron chi connectivity index (χ2n) is 8.15. The van der Waals surface area contributed by atoms with Crippen molar-refractivity contribution in [1.29, 1.82) is 0 Å². The maximum atomic E-state index is 13.2. The van der Waals surface area contributed by atoms with E-state index in [2.05, 4.69) is 10.3 Å². The molecule has 0 aliphatic carbocycles. The number of hydrogen-bond acceptors (Lipinski definition) is 2. The fourth-order valence-corrected chi connectivity index (χ4v) is 4.48.